The quantitative estimate of drug-likeness (QED) is 0.546. The minimum Gasteiger partial charge on any atom is -0.485 e. The molecular formula is C12H12O. The lowest BCUT2D eigenvalue weighted by atomic mass is 9.89. The van der Waals surface area contributed by atoms with Crippen LogP contribution < -0.4 is 0 Å². The molecule has 3 aliphatic rings. The Morgan fingerprint density at radius 1 is 1.08 bits per heavy atom. The number of rotatable bonds is 0. The topological polar surface area (TPSA) is 9.23 Å². The minimum absolute atomic E-state index is 0.264. The van der Waals surface area contributed by atoms with Gasteiger partial charge in [-0.3, -0.25) is 0 Å². The molecule has 0 aromatic carbocycles. The highest BCUT2D eigenvalue weighted by molar-refractivity contribution is 5.42. The number of fused-ring (bicyclic) bond motifs is 3. The molecule has 13 heavy (non-hydrogen) atoms. The van der Waals surface area contributed by atoms with Crippen molar-refractivity contribution in [2.75, 3.05) is 0 Å². The molecule has 0 saturated carbocycles. The van der Waals surface area contributed by atoms with E-state index < -0.39 is 0 Å². The fourth-order valence-electron chi connectivity index (χ4n) is 2.21. The van der Waals surface area contributed by atoms with Crippen LogP contribution in [-0.4, -0.2) is 6.10 Å². The van der Waals surface area contributed by atoms with E-state index in [0.717, 1.165) is 12.2 Å². The van der Waals surface area contributed by atoms with Crippen LogP contribution in [0.3, 0.4) is 0 Å². The Kier molecular flexibility index (Phi) is 1.45. The van der Waals surface area contributed by atoms with Gasteiger partial charge in [0.2, 0.25) is 0 Å². The highest BCUT2D eigenvalue weighted by Crippen LogP contribution is 2.40. The maximum atomic E-state index is 5.82. The van der Waals surface area contributed by atoms with Crippen molar-refractivity contribution in [1.29, 1.82) is 0 Å². The lowest BCUT2D eigenvalue weighted by Gasteiger charge is -2.13. The van der Waals surface area contributed by atoms with Crippen LogP contribution in [0.15, 0.2) is 47.8 Å². The predicted octanol–water partition coefficient (Wildman–Crippen LogP) is 2.73. The van der Waals surface area contributed by atoms with Gasteiger partial charge >= 0.3 is 0 Å². The molecular weight excluding hydrogens is 160 g/mol. The molecule has 66 valence electrons. The van der Waals surface area contributed by atoms with E-state index in [0.29, 0.717) is 5.92 Å². The first-order chi connectivity index (χ1) is 6.45. The molecule has 1 aliphatic heterocycles. The molecule has 0 radical (unpaired) electrons. The third-order valence-electron chi connectivity index (χ3n) is 2.85. The van der Waals surface area contributed by atoms with Crippen LogP contribution in [-0.2, 0) is 4.74 Å². The molecule has 2 unspecified atom stereocenters. The molecule has 0 aromatic heterocycles. The van der Waals surface area contributed by atoms with Gasteiger partial charge in [-0.25, -0.2) is 0 Å². The van der Waals surface area contributed by atoms with Crippen molar-refractivity contribution >= 4 is 0 Å². The van der Waals surface area contributed by atoms with Gasteiger partial charge in [0.25, 0.3) is 0 Å². The van der Waals surface area contributed by atoms with Crippen LogP contribution in [0.2, 0.25) is 0 Å². The maximum Gasteiger partial charge on any atom is 0.128 e. The lowest BCUT2D eigenvalue weighted by molar-refractivity contribution is 0.183. The van der Waals surface area contributed by atoms with E-state index in [1.54, 1.807) is 0 Å². The summed E-state index contributed by atoms with van der Waals surface area (Å²) in [6, 6.07) is 0. The largest absolute Gasteiger partial charge is 0.485 e. The average molecular weight is 172 g/mol. The van der Waals surface area contributed by atoms with Crippen LogP contribution in [0.4, 0.5) is 0 Å². The molecule has 0 aromatic rings. The first-order valence-corrected chi connectivity index (χ1v) is 4.87. The number of hydrogen-bond donors (Lipinski definition) is 0. The fraction of sp³-hybridized carbons (Fsp3) is 0.333. The second-order valence-corrected chi connectivity index (χ2v) is 3.68. The molecule has 1 nitrogen and oxygen atoms in total. The van der Waals surface area contributed by atoms with Crippen molar-refractivity contribution in [1.82, 2.24) is 0 Å². The third kappa shape index (κ3) is 0.998. The van der Waals surface area contributed by atoms with Gasteiger partial charge < -0.3 is 4.74 Å². The summed E-state index contributed by atoms with van der Waals surface area (Å²) >= 11 is 0. The summed E-state index contributed by atoms with van der Waals surface area (Å²) in [5.74, 6) is 1.61. The second kappa shape index (κ2) is 2.63. The third-order valence-corrected chi connectivity index (χ3v) is 2.85. The summed E-state index contributed by atoms with van der Waals surface area (Å²) in [6.07, 6.45) is 15.7. The van der Waals surface area contributed by atoms with Crippen LogP contribution >= 0.6 is 0 Å². The first-order valence-electron chi connectivity index (χ1n) is 4.87. The highest BCUT2D eigenvalue weighted by Gasteiger charge is 2.34. The van der Waals surface area contributed by atoms with Crippen LogP contribution in [0.1, 0.15) is 12.8 Å². The smallest absolute Gasteiger partial charge is 0.128 e. The van der Waals surface area contributed by atoms with Crippen molar-refractivity contribution in [2.24, 2.45) is 5.92 Å². The highest BCUT2D eigenvalue weighted by atomic mass is 16.5. The predicted molar refractivity (Wildman–Crippen MR) is 52.0 cm³/mol. The maximum absolute atomic E-state index is 5.82. The molecule has 1 heteroatoms. The van der Waals surface area contributed by atoms with Crippen molar-refractivity contribution < 1.29 is 4.74 Å². The van der Waals surface area contributed by atoms with Crippen LogP contribution in [0, 0.1) is 5.92 Å². The van der Waals surface area contributed by atoms with Gasteiger partial charge in [0.05, 0.1) is 0 Å². The zero-order chi connectivity index (χ0) is 8.67. The van der Waals surface area contributed by atoms with Gasteiger partial charge in [0, 0.05) is 11.5 Å². The van der Waals surface area contributed by atoms with E-state index in [4.69, 9.17) is 4.74 Å². The van der Waals surface area contributed by atoms with E-state index in [9.17, 15) is 0 Å². The average Bonchev–Trinajstić information content (AvgIpc) is 2.56. The molecule has 0 amide bonds. The van der Waals surface area contributed by atoms with Crippen molar-refractivity contribution in [3.8, 4) is 0 Å². The summed E-state index contributed by atoms with van der Waals surface area (Å²) in [6.45, 7) is 0. The Bertz CT molecular complexity index is 344. The molecule has 1 saturated heterocycles. The standard InChI is InChI=1S/C12H12O/c1-3-7-11-9(5-1)10-6-2-4-8-12(10)13-11/h1,3,5-9,11H,2,4H2. The van der Waals surface area contributed by atoms with Gasteiger partial charge in [0.1, 0.15) is 11.9 Å². The van der Waals surface area contributed by atoms with Gasteiger partial charge in [-0.1, -0.05) is 24.3 Å². The van der Waals surface area contributed by atoms with Gasteiger partial charge in [-0.15, -0.1) is 0 Å². The SMILES string of the molecule is C1=CC2OC3=CCCC=C3C2C=C1. The normalized spacial score (nSPS) is 34.5. The van der Waals surface area contributed by atoms with Crippen molar-refractivity contribution in [2.45, 2.75) is 18.9 Å². The summed E-state index contributed by atoms with van der Waals surface area (Å²) in [4.78, 5) is 0. The molecule has 1 heterocycles. The van der Waals surface area contributed by atoms with Gasteiger partial charge in [-0.05, 0) is 25.0 Å². The zero-order valence-electron chi connectivity index (χ0n) is 7.44. The molecule has 0 N–H and O–H groups in total. The summed E-state index contributed by atoms with van der Waals surface area (Å²) in [5, 5.41) is 0. The summed E-state index contributed by atoms with van der Waals surface area (Å²) in [7, 11) is 0. The molecule has 3 rings (SSSR count). The number of allylic oxidation sites excluding steroid dienone is 5. The van der Waals surface area contributed by atoms with E-state index in [2.05, 4.69) is 36.5 Å². The van der Waals surface area contributed by atoms with E-state index in [-0.39, 0.29) is 6.10 Å². The number of hydrogen-bond acceptors (Lipinski definition) is 1. The first kappa shape index (κ1) is 7.19. The second-order valence-electron chi connectivity index (χ2n) is 3.68. The number of ether oxygens (including phenoxy) is 1. The summed E-state index contributed by atoms with van der Waals surface area (Å²) < 4.78 is 5.82. The Morgan fingerprint density at radius 3 is 2.92 bits per heavy atom. The molecule has 0 spiro atoms. The van der Waals surface area contributed by atoms with Gasteiger partial charge in [-0.2, -0.15) is 0 Å². The fourth-order valence-corrected chi connectivity index (χ4v) is 2.21. The molecule has 0 bridgehead atoms. The van der Waals surface area contributed by atoms with Crippen molar-refractivity contribution in [3.05, 3.63) is 47.8 Å². The van der Waals surface area contributed by atoms with Crippen LogP contribution in [0.5, 0.6) is 0 Å². The van der Waals surface area contributed by atoms with Gasteiger partial charge in [0.15, 0.2) is 0 Å². The van der Waals surface area contributed by atoms with Crippen LogP contribution in [0.25, 0.3) is 0 Å². The Hall–Kier alpha value is -1.24. The van der Waals surface area contributed by atoms with E-state index in [1.165, 1.54) is 12.0 Å². The lowest BCUT2D eigenvalue weighted by Crippen LogP contribution is -2.13. The Morgan fingerprint density at radius 2 is 1.92 bits per heavy atom. The zero-order valence-corrected chi connectivity index (χ0v) is 7.44. The molecule has 2 aliphatic carbocycles. The van der Waals surface area contributed by atoms with E-state index in [1.807, 2.05) is 0 Å². The van der Waals surface area contributed by atoms with Crippen molar-refractivity contribution in [3.63, 3.8) is 0 Å². The monoisotopic (exact) mass is 172 g/mol. The Balaban J connectivity index is 2.03. The summed E-state index contributed by atoms with van der Waals surface area (Å²) in [5.41, 5.74) is 1.40. The van der Waals surface area contributed by atoms with E-state index >= 15 is 0 Å². The molecule has 1 fully saturated rings. The minimum atomic E-state index is 0.264. The molecule has 2 atom stereocenters. The Labute approximate surface area is 78.1 Å².